The summed E-state index contributed by atoms with van der Waals surface area (Å²) in [6.45, 7) is 2.70. The second kappa shape index (κ2) is 7.51. The predicted molar refractivity (Wildman–Crippen MR) is 91.0 cm³/mol. The normalized spacial score (nSPS) is 20.6. The van der Waals surface area contributed by atoms with Gasteiger partial charge in [0.05, 0.1) is 5.69 Å². The van der Waals surface area contributed by atoms with Crippen LogP contribution in [0.15, 0.2) is 24.3 Å². The van der Waals surface area contributed by atoms with E-state index in [4.69, 9.17) is 0 Å². The molecule has 1 atom stereocenters. The molecule has 1 saturated heterocycles. The predicted octanol–water partition coefficient (Wildman–Crippen LogP) is 1.64. The van der Waals surface area contributed by atoms with E-state index in [1.54, 1.807) is 0 Å². The van der Waals surface area contributed by atoms with Crippen molar-refractivity contribution in [3.63, 3.8) is 0 Å². The molecule has 140 valence electrons. The van der Waals surface area contributed by atoms with Gasteiger partial charge in [-0.15, -0.1) is 0 Å². The SMILES string of the molecule is Cc1cc(CNC[C@]2(O)CCCN(Cc3cccc(F)c3F)C2=O)n[nH]1. The number of H-pyrrole nitrogens is 1. The fourth-order valence-corrected chi connectivity index (χ4v) is 3.22. The maximum atomic E-state index is 13.9. The van der Waals surface area contributed by atoms with Crippen LogP contribution in [0, 0.1) is 18.6 Å². The van der Waals surface area contributed by atoms with Crippen LogP contribution in [0.5, 0.6) is 0 Å². The van der Waals surface area contributed by atoms with Crippen molar-refractivity contribution >= 4 is 5.91 Å². The summed E-state index contributed by atoms with van der Waals surface area (Å²) in [6, 6.07) is 5.76. The molecule has 2 heterocycles. The minimum atomic E-state index is -1.56. The molecule has 0 saturated carbocycles. The van der Waals surface area contributed by atoms with Gasteiger partial charge in [0.1, 0.15) is 0 Å². The van der Waals surface area contributed by atoms with Gasteiger partial charge in [0.15, 0.2) is 17.2 Å². The second-order valence-electron chi connectivity index (χ2n) is 6.72. The third kappa shape index (κ3) is 3.91. The van der Waals surface area contributed by atoms with E-state index < -0.39 is 23.1 Å². The number of piperidine rings is 1. The van der Waals surface area contributed by atoms with Crippen LogP contribution in [-0.2, 0) is 17.9 Å². The summed E-state index contributed by atoms with van der Waals surface area (Å²) in [5.74, 6) is -2.38. The van der Waals surface area contributed by atoms with Crippen LogP contribution >= 0.6 is 0 Å². The van der Waals surface area contributed by atoms with Crippen molar-refractivity contribution in [3.8, 4) is 0 Å². The summed E-state index contributed by atoms with van der Waals surface area (Å²) in [5, 5.41) is 20.7. The highest BCUT2D eigenvalue weighted by Crippen LogP contribution is 2.25. The quantitative estimate of drug-likeness (QED) is 0.728. The van der Waals surface area contributed by atoms with Crippen LogP contribution in [0.2, 0.25) is 0 Å². The lowest BCUT2D eigenvalue weighted by Crippen LogP contribution is -2.57. The first-order valence-corrected chi connectivity index (χ1v) is 8.55. The number of rotatable bonds is 6. The Bertz CT molecular complexity index is 795. The first-order chi connectivity index (χ1) is 12.4. The van der Waals surface area contributed by atoms with E-state index in [0.29, 0.717) is 25.9 Å². The Morgan fingerprint density at radius 1 is 1.42 bits per heavy atom. The summed E-state index contributed by atoms with van der Waals surface area (Å²) in [5.41, 5.74) is 0.251. The van der Waals surface area contributed by atoms with Crippen molar-refractivity contribution in [1.82, 2.24) is 20.4 Å². The summed E-state index contributed by atoms with van der Waals surface area (Å²) in [7, 11) is 0. The van der Waals surface area contributed by atoms with Crippen molar-refractivity contribution in [2.24, 2.45) is 0 Å². The molecule has 1 aromatic carbocycles. The molecule has 0 radical (unpaired) electrons. The Hall–Kier alpha value is -2.32. The van der Waals surface area contributed by atoms with Crippen LogP contribution in [-0.4, -0.2) is 44.8 Å². The number of halogens is 2. The molecule has 0 spiro atoms. The Labute approximate surface area is 150 Å². The average Bonchev–Trinajstić information content (AvgIpc) is 3.01. The minimum Gasteiger partial charge on any atom is -0.379 e. The van der Waals surface area contributed by atoms with E-state index in [1.165, 1.54) is 17.0 Å². The molecule has 26 heavy (non-hydrogen) atoms. The number of carbonyl (C=O) groups is 1. The molecule has 1 aliphatic heterocycles. The van der Waals surface area contributed by atoms with E-state index >= 15 is 0 Å². The molecule has 0 unspecified atom stereocenters. The Kier molecular flexibility index (Phi) is 5.33. The number of nitrogens with zero attached hydrogens (tertiary/aromatic N) is 2. The molecule has 1 amide bonds. The number of aryl methyl sites for hydroxylation is 1. The monoisotopic (exact) mass is 364 g/mol. The van der Waals surface area contributed by atoms with E-state index in [9.17, 15) is 18.7 Å². The lowest BCUT2D eigenvalue weighted by Gasteiger charge is -2.38. The molecule has 1 aliphatic rings. The molecule has 3 rings (SSSR count). The third-order valence-corrected chi connectivity index (χ3v) is 4.58. The summed E-state index contributed by atoms with van der Waals surface area (Å²) < 4.78 is 27.2. The van der Waals surface area contributed by atoms with Crippen LogP contribution in [0.1, 0.15) is 29.8 Å². The van der Waals surface area contributed by atoms with E-state index in [1.807, 2.05) is 13.0 Å². The fraction of sp³-hybridized carbons (Fsp3) is 0.444. The molecule has 3 N–H and O–H groups in total. The van der Waals surface area contributed by atoms with Crippen molar-refractivity contribution in [1.29, 1.82) is 0 Å². The van der Waals surface area contributed by atoms with Gasteiger partial charge in [0, 0.05) is 37.4 Å². The van der Waals surface area contributed by atoms with Crippen molar-refractivity contribution in [2.75, 3.05) is 13.1 Å². The van der Waals surface area contributed by atoms with E-state index in [2.05, 4.69) is 15.5 Å². The molecule has 2 aromatic rings. The summed E-state index contributed by atoms with van der Waals surface area (Å²) in [6.07, 6.45) is 0.906. The number of aromatic amines is 1. The van der Waals surface area contributed by atoms with Gasteiger partial charge in [-0.1, -0.05) is 12.1 Å². The van der Waals surface area contributed by atoms with Crippen LogP contribution in [0.4, 0.5) is 8.78 Å². The topological polar surface area (TPSA) is 81.2 Å². The lowest BCUT2D eigenvalue weighted by atomic mass is 9.91. The van der Waals surface area contributed by atoms with E-state index in [-0.39, 0.29) is 18.7 Å². The van der Waals surface area contributed by atoms with Gasteiger partial charge in [-0.05, 0) is 31.9 Å². The number of aromatic nitrogens is 2. The molecule has 0 aliphatic carbocycles. The first-order valence-electron chi connectivity index (χ1n) is 8.55. The number of amides is 1. The average molecular weight is 364 g/mol. The van der Waals surface area contributed by atoms with E-state index in [0.717, 1.165) is 17.5 Å². The molecule has 0 bridgehead atoms. The van der Waals surface area contributed by atoms with Crippen molar-refractivity contribution in [3.05, 3.63) is 52.9 Å². The molecule has 6 nitrogen and oxygen atoms in total. The Morgan fingerprint density at radius 2 is 2.23 bits per heavy atom. The molecule has 1 fully saturated rings. The maximum absolute atomic E-state index is 13.9. The zero-order valence-electron chi connectivity index (χ0n) is 14.6. The van der Waals surface area contributed by atoms with Crippen molar-refractivity contribution in [2.45, 2.75) is 38.5 Å². The van der Waals surface area contributed by atoms with Gasteiger partial charge < -0.3 is 15.3 Å². The van der Waals surface area contributed by atoms with Gasteiger partial charge >= 0.3 is 0 Å². The number of hydrogen-bond donors (Lipinski definition) is 3. The van der Waals surface area contributed by atoms with Gasteiger partial charge in [-0.3, -0.25) is 9.89 Å². The first kappa shape index (κ1) is 18.5. The number of likely N-dealkylation sites (tertiary alicyclic amines) is 1. The molecular formula is C18H22F2N4O2. The summed E-state index contributed by atoms with van der Waals surface area (Å²) >= 11 is 0. The molecule has 8 heteroatoms. The van der Waals surface area contributed by atoms with Gasteiger partial charge in [-0.2, -0.15) is 5.10 Å². The maximum Gasteiger partial charge on any atom is 0.256 e. The standard InChI is InChI=1S/C18H22F2N4O2/c1-12-8-14(23-22-12)9-21-11-18(26)6-3-7-24(17(18)25)10-13-4-2-5-15(19)16(13)20/h2,4-5,8,21,26H,3,6-7,9-11H2,1H3,(H,22,23)/t18-/m1/s1. The van der Waals surface area contributed by atoms with Crippen LogP contribution in [0.25, 0.3) is 0 Å². The fourth-order valence-electron chi connectivity index (χ4n) is 3.22. The molecular weight excluding hydrogens is 342 g/mol. The number of benzene rings is 1. The highest BCUT2D eigenvalue weighted by molar-refractivity contribution is 5.86. The largest absolute Gasteiger partial charge is 0.379 e. The Morgan fingerprint density at radius 3 is 2.96 bits per heavy atom. The number of carbonyl (C=O) groups excluding carboxylic acids is 1. The van der Waals surface area contributed by atoms with Gasteiger partial charge in [0.25, 0.3) is 5.91 Å². The highest BCUT2D eigenvalue weighted by Gasteiger charge is 2.42. The van der Waals surface area contributed by atoms with Gasteiger partial charge in [0.2, 0.25) is 0 Å². The number of aliphatic hydroxyl groups is 1. The second-order valence-corrected chi connectivity index (χ2v) is 6.72. The number of hydrogen-bond acceptors (Lipinski definition) is 4. The third-order valence-electron chi connectivity index (χ3n) is 4.58. The molecule has 1 aromatic heterocycles. The lowest BCUT2D eigenvalue weighted by molar-refractivity contribution is -0.157. The number of nitrogens with one attached hydrogen (secondary N) is 2. The van der Waals surface area contributed by atoms with Crippen LogP contribution < -0.4 is 5.32 Å². The zero-order chi connectivity index (χ0) is 18.7. The van der Waals surface area contributed by atoms with Crippen molar-refractivity contribution < 1.29 is 18.7 Å². The zero-order valence-corrected chi connectivity index (χ0v) is 14.6. The minimum absolute atomic E-state index is 0.0662. The summed E-state index contributed by atoms with van der Waals surface area (Å²) in [4.78, 5) is 14.1. The smallest absolute Gasteiger partial charge is 0.256 e. The Balaban J connectivity index is 1.63. The van der Waals surface area contributed by atoms with Crippen LogP contribution in [0.3, 0.4) is 0 Å². The highest BCUT2D eigenvalue weighted by atomic mass is 19.2. The van der Waals surface area contributed by atoms with Gasteiger partial charge in [-0.25, -0.2) is 8.78 Å².